The van der Waals surface area contributed by atoms with Crippen LogP contribution in [0.25, 0.3) is 0 Å². The van der Waals surface area contributed by atoms with Gasteiger partial charge in [-0.15, -0.1) is 0 Å². The lowest BCUT2D eigenvalue weighted by Gasteiger charge is -2.20. The number of nitrogens with zero attached hydrogens (tertiary/aromatic N) is 1. The van der Waals surface area contributed by atoms with E-state index < -0.39 is 5.97 Å². The lowest BCUT2D eigenvalue weighted by Crippen LogP contribution is -2.39. The Morgan fingerprint density at radius 1 is 1.40 bits per heavy atom. The summed E-state index contributed by atoms with van der Waals surface area (Å²) in [7, 11) is 1.56. The number of para-hydroxylation sites is 1. The van der Waals surface area contributed by atoms with E-state index in [4.69, 9.17) is 5.11 Å². The zero-order valence-corrected chi connectivity index (χ0v) is 12.7. The topological polar surface area (TPSA) is 69.6 Å². The molecule has 1 atom stereocenters. The first kappa shape index (κ1) is 16.4. The highest BCUT2D eigenvalue weighted by Gasteiger charge is 2.17. The van der Waals surface area contributed by atoms with Crippen LogP contribution in [-0.2, 0) is 0 Å². The van der Waals surface area contributed by atoms with Gasteiger partial charge in [0.1, 0.15) is 0 Å². The second kappa shape index (κ2) is 7.79. The molecule has 0 aliphatic carbocycles. The Hall–Kier alpha value is -1.69. The number of urea groups is 1. The summed E-state index contributed by atoms with van der Waals surface area (Å²) in [4.78, 5) is 24.5. The minimum atomic E-state index is -1.05. The number of carboxylic acids is 1. The summed E-state index contributed by atoms with van der Waals surface area (Å²) in [5.41, 5.74) is 0.498. The molecular formula is C14H20N2O3S. The van der Waals surface area contributed by atoms with Crippen molar-refractivity contribution in [3.05, 3.63) is 29.8 Å². The minimum absolute atomic E-state index is 0.114. The molecule has 0 fully saturated rings. The summed E-state index contributed by atoms with van der Waals surface area (Å²) >= 11 is 1.74. The Morgan fingerprint density at radius 2 is 2.05 bits per heavy atom. The van der Waals surface area contributed by atoms with Gasteiger partial charge in [-0.25, -0.2) is 9.59 Å². The number of rotatable bonds is 6. The third kappa shape index (κ3) is 4.45. The fourth-order valence-electron chi connectivity index (χ4n) is 1.68. The zero-order valence-electron chi connectivity index (χ0n) is 11.9. The Kier molecular flexibility index (Phi) is 6.38. The third-order valence-electron chi connectivity index (χ3n) is 3.03. The van der Waals surface area contributed by atoms with Crippen molar-refractivity contribution in [3.63, 3.8) is 0 Å². The van der Waals surface area contributed by atoms with Crippen molar-refractivity contribution in [2.24, 2.45) is 0 Å². The first-order valence-corrected chi connectivity index (χ1v) is 7.62. The summed E-state index contributed by atoms with van der Waals surface area (Å²) in [5.74, 6) is -1.05. The van der Waals surface area contributed by atoms with E-state index in [2.05, 4.69) is 12.2 Å². The molecule has 2 amide bonds. The summed E-state index contributed by atoms with van der Waals surface area (Å²) in [6.07, 6.45) is 2.91. The zero-order chi connectivity index (χ0) is 15.1. The summed E-state index contributed by atoms with van der Waals surface area (Å²) in [6.45, 7) is 2.67. The molecule has 0 aliphatic heterocycles. The molecule has 2 N–H and O–H groups in total. The number of thioether (sulfide) groups is 1. The van der Waals surface area contributed by atoms with E-state index >= 15 is 0 Å². The normalized spacial score (nSPS) is 11.8. The van der Waals surface area contributed by atoms with Gasteiger partial charge in [0, 0.05) is 18.8 Å². The van der Waals surface area contributed by atoms with Gasteiger partial charge in [0.05, 0.1) is 11.3 Å². The van der Waals surface area contributed by atoms with Gasteiger partial charge in [0.2, 0.25) is 0 Å². The smallest absolute Gasteiger partial charge is 0.337 e. The highest BCUT2D eigenvalue weighted by Crippen LogP contribution is 2.19. The fourth-order valence-corrected chi connectivity index (χ4v) is 2.03. The molecule has 1 unspecified atom stereocenters. The van der Waals surface area contributed by atoms with Crippen LogP contribution < -0.4 is 10.2 Å². The number of hydrogen-bond acceptors (Lipinski definition) is 3. The number of aromatic carboxylic acids is 1. The molecular weight excluding hydrogens is 276 g/mol. The molecule has 0 heterocycles. The largest absolute Gasteiger partial charge is 0.478 e. The van der Waals surface area contributed by atoms with Crippen LogP contribution in [0.4, 0.5) is 10.5 Å². The second-order valence-electron chi connectivity index (χ2n) is 4.45. The fraction of sp³-hybridized carbons (Fsp3) is 0.429. The molecule has 110 valence electrons. The van der Waals surface area contributed by atoms with Gasteiger partial charge in [-0.2, -0.15) is 11.8 Å². The average Bonchev–Trinajstić information content (AvgIpc) is 2.45. The number of carbonyl (C=O) groups excluding carboxylic acids is 1. The van der Waals surface area contributed by atoms with Crippen LogP contribution in [0.15, 0.2) is 24.3 Å². The van der Waals surface area contributed by atoms with Crippen molar-refractivity contribution >= 4 is 29.4 Å². The van der Waals surface area contributed by atoms with Gasteiger partial charge >= 0.3 is 12.0 Å². The van der Waals surface area contributed by atoms with E-state index in [0.29, 0.717) is 17.5 Å². The molecule has 1 rings (SSSR count). The van der Waals surface area contributed by atoms with Crippen LogP contribution in [0.2, 0.25) is 0 Å². The van der Waals surface area contributed by atoms with E-state index in [-0.39, 0.29) is 11.6 Å². The van der Waals surface area contributed by atoms with Crippen LogP contribution >= 0.6 is 11.8 Å². The van der Waals surface area contributed by atoms with Crippen molar-refractivity contribution < 1.29 is 14.7 Å². The van der Waals surface area contributed by atoms with Crippen LogP contribution in [-0.4, -0.2) is 42.2 Å². The average molecular weight is 296 g/mol. The van der Waals surface area contributed by atoms with Crippen molar-refractivity contribution in [1.29, 1.82) is 0 Å². The maximum absolute atomic E-state index is 12.0. The standard InChI is InChI=1S/C14H20N2O3S/c1-10(20-3)8-9-15-14(19)16(2)12-7-5-4-6-11(12)13(17)18/h4-7,10H,8-9H2,1-3H3,(H,15,19)(H,17,18). The molecule has 0 aromatic heterocycles. The molecule has 0 aliphatic rings. The molecule has 0 radical (unpaired) electrons. The van der Waals surface area contributed by atoms with Crippen LogP contribution in [0.1, 0.15) is 23.7 Å². The number of benzene rings is 1. The first-order chi connectivity index (χ1) is 9.47. The molecule has 0 saturated carbocycles. The van der Waals surface area contributed by atoms with Crippen LogP contribution in [0, 0.1) is 0 Å². The minimum Gasteiger partial charge on any atom is -0.478 e. The first-order valence-electron chi connectivity index (χ1n) is 6.34. The Balaban J connectivity index is 2.67. The van der Waals surface area contributed by atoms with Crippen molar-refractivity contribution in [3.8, 4) is 0 Å². The summed E-state index contributed by atoms with van der Waals surface area (Å²) in [5, 5.41) is 12.4. The van der Waals surface area contributed by atoms with Crippen molar-refractivity contribution in [2.75, 3.05) is 24.7 Å². The Labute approximate surface area is 123 Å². The summed E-state index contributed by atoms with van der Waals surface area (Å²) in [6, 6.07) is 6.15. The molecule has 0 saturated heterocycles. The van der Waals surface area contributed by atoms with Gasteiger partial charge in [0.15, 0.2) is 0 Å². The number of anilines is 1. The van der Waals surface area contributed by atoms with Crippen LogP contribution in [0.3, 0.4) is 0 Å². The van der Waals surface area contributed by atoms with Crippen molar-refractivity contribution in [2.45, 2.75) is 18.6 Å². The second-order valence-corrected chi connectivity index (χ2v) is 5.72. The van der Waals surface area contributed by atoms with E-state index in [9.17, 15) is 9.59 Å². The molecule has 5 nitrogen and oxygen atoms in total. The molecule has 1 aromatic rings. The Morgan fingerprint density at radius 3 is 2.65 bits per heavy atom. The van der Waals surface area contributed by atoms with Gasteiger partial charge < -0.3 is 10.4 Å². The van der Waals surface area contributed by atoms with E-state index in [1.54, 1.807) is 37.0 Å². The number of carboxylic acid groups (broad SMARTS) is 1. The monoisotopic (exact) mass is 296 g/mol. The van der Waals surface area contributed by atoms with Gasteiger partial charge in [-0.05, 0) is 24.8 Å². The summed E-state index contributed by atoms with van der Waals surface area (Å²) < 4.78 is 0. The predicted molar refractivity (Wildman–Crippen MR) is 82.8 cm³/mol. The van der Waals surface area contributed by atoms with Gasteiger partial charge in [-0.1, -0.05) is 19.1 Å². The number of nitrogens with one attached hydrogen (secondary N) is 1. The van der Waals surface area contributed by atoms with Gasteiger partial charge in [-0.3, -0.25) is 4.90 Å². The molecule has 6 heteroatoms. The maximum Gasteiger partial charge on any atom is 0.337 e. The highest BCUT2D eigenvalue weighted by molar-refractivity contribution is 7.99. The molecule has 0 bridgehead atoms. The van der Waals surface area contributed by atoms with E-state index in [1.807, 2.05) is 6.26 Å². The molecule has 1 aromatic carbocycles. The lowest BCUT2D eigenvalue weighted by molar-refractivity contribution is 0.0697. The van der Waals surface area contributed by atoms with Gasteiger partial charge in [0.25, 0.3) is 0 Å². The predicted octanol–water partition coefficient (Wildman–Crippen LogP) is 2.67. The number of carbonyl (C=O) groups is 2. The van der Waals surface area contributed by atoms with Crippen molar-refractivity contribution in [1.82, 2.24) is 5.32 Å². The quantitative estimate of drug-likeness (QED) is 0.846. The van der Waals surface area contributed by atoms with E-state index in [0.717, 1.165) is 6.42 Å². The number of amides is 2. The third-order valence-corrected chi connectivity index (χ3v) is 4.07. The van der Waals surface area contributed by atoms with E-state index in [1.165, 1.54) is 11.0 Å². The van der Waals surface area contributed by atoms with Crippen LogP contribution in [0.5, 0.6) is 0 Å². The SMILES string of the molecule is CSC(C)CCNC(=O)N(C)c1ccccc1C(=O)O. The number of hydrogen-bond donors (Lipinski definition) is 2. The lowest BCUT2D eigenvalue weighted by atomic mass is 10.1. The maximum atomic E-state index is 12.0. The highest BCUT2D eigenvalue weighted by atomic mass is 32.2. The molecule has 0 spiro atoms. The molecule has 20 heavy (non-hydrogen) atoms. The Bertz CT molecular complexity index is 479.